The average Bonchev–Trinajstić information content (AvgIpc) is 2.73. The number of nitrogens with two attached hydrogens (primary N) is 2. The number of alkyl halides is 12. The van der Waals surface area contributed by atoms with Gasteiger partial charge in [0.2, 0.25) is 0 Å². The third kappa shape index (κ3) is 5.64. The molecule has 0 aliphatic carbocycles. The fourth-order valence-corrected chi connectivity index (χ4v) is 3.50. The molecular formula is C22H13F12N3. The van der Waals surface area contributed by atoms with Crippen LogP contribution in [0, 0.1) is 0 Å². The second-order valence-electron chi connectivity index (χ2n) is 7.57. The zero-order chi connectivity index (χ0) is 28.1. The van der Waals surface area contributed by atoms with Crippen LogP contribution in [0.2, 0.25) is 0 Å². The minimum Gasteiger partial charge on any atom is -0.398 e. The van der Waals surface area contributed by atoms with Crippen LogP contribution in [0.1, 0.15) is 22.3 Å². The SMILES string of the molecule is Nc1c(C(F)(F)F)cc(N(c2ccccc2)c2cc(C(F)(F)F)c(N)c(C(F)(F)F)c2)cc1C(F)(F)F. The van der Waals surface area contributed by atoms with Crippen molar-refractivity contribution in [3.8, 4) is 0 Å². The summed E-state index contributed by atoms with van der Waals surface area (Å²) in [6.45, 7) is 0. The van der Waals surface area contributed by atoms with Crippen LogP contribution >= 0.6 is 0 Å². The van der Waals surface area contributed by atoms with Gasteiger partial charge in [0, 0.05) is 17.1 Å². The van der Waals surface area contributed by atoms with E-state index >= 15 is 0 Å². The monoisotopic (exact) mass is 547 g/mol. The van der Waals surface area contributed by atoms with Crippen molar-refractivity contribution in [2.75, 3.05) is 16.4 Å². The summed E-state index contributed by atoms with van der Waals surface area (Å²) in [5.74, 6) is 0. The van der Waals surface area contributed by atoms with E-state index in [0.29, 0.717) is 4.90 Å². The van der Waals surface area contributed by atoms with Gasteiger partial charge in [-0.15, -0.1) is 0 Å². The van der Waals surface area contributed by atoms with Crippen molar-refractivity contribution in [1.29, 1.82) is 0 Å². The molecule has 0 aliphatic heterocycles. The fourth-order valence-electron chi connectivity index (χ4n) is 3.50. The molecule has 0 bridgehead atoms. The van der Waals surface area contributed by atoms with Crippen LogP contribution in [0.4, 0.5) is 81.1 Å². The van der Waals surface area contributed by atoms with Crippen LogP contribution in [0.15, 0.2) is 54.6 Å². The highest BCUT2D eigenvalue weighted by molar-refractivity contribution is 5.81. The Bertz CT molecular complexity index is 1140. The Kier molecular flexibility index (Phi) is 6.73. The normalized spacial score (nSPS) is 13.1. The minimum atomic E-state index is -5.46. The van der Waals surface area contributed by atoms with Crippen LogP contribution in [0.25, 0.3) is 0 Å². The van der Waals surface area contributed by atoms with Gasteiger partial charge < -0.3 is 16.4 Å². The van der Waals surface area contributed by atoms with E-state index in [9.17, 15) is 52.7 Å². The molecule has 0 aromatic heterocycles. The standard InChI is InChI=1S/C22H13F12N3/c23-19(24,25)13-6-11(7-14(17(13)35)20(26,27)28)37(10-4-2-1-3-5-10)12-8-15(21(29,30)31)18(36)16(9-12)22(32,33)34/h1-9H,35-36H2. The van der Waals surface area contributed by atoms with Gasteiger partial charge >= 0.3 is 24.7 Å². The van der Waals surface area contributed by atoms with E-state index in [-0.39, 0.29) is 30.0 Å². The number of benzene rings is 3. The average molecular weight is 547 g/mol. The number of anilines is 5. The lowest BCUT2D eigenvalue weighted by atomic mass is 10.0. The highest BCUT2D eigenvalue weighted by atomic mass is 19.4. The molecule has 4 N–H and O–H groups in total. The summed E-state index contributed by atoms with van der Waals surface area (Å²) in [5.41, 5.74) is -3.71. The summed E-state index contributed by atoms with van der Waals surface area (Å²) < 4.78 is 163. The van der Waals surface area contributed by atoms with Gasteiger partial charge in [0.05, 0.1) is 33.6 Å². The van der Waals surface area contributed by atoms with Gasteiger partial charge in [-0.3, -0.25) is 0 Å². The number of rotatable bonds is 3. The predicted molar refractivity (Wildman–Crippen MR) is 110 cm³/mol. The zero-order valence-electron chi connectivity index (χ0n) is 17.8. The van der Waals surface area contributed by atoms with Gasteiger partial charge in [-0.1, -0.05) is 18.2 Å². The molecule has 0 radical (unpaired) electrons. The molecule has 200 valence electrons. The molecule has 3 rings (SSSR count). The van der Waals surface area contributed by atoms with Crippen molar-refractivity contribution in [2.45, 2.75) is 24.7 Å². The van der Waals surface area contributed by atoms with Gasteiger partial charge in [0.1, 0.15) is 0 Å². The number of halogens is 12. The van der Waals surface area contributed by atoms with Crippen LogP contribution in [0.3, 0.4) is 0 Å². The van der Waals surface area contributed by atoms with Gasteiger partial charge in [-0.25, -0.2) is 0 Å². The molecule has 0 spiro atoms. The smallest absolute Gasteiger partial charge is 0.398 e. The van der Waals surface area contributed by atoms with Crippen LogP contribution in [-0.2, 0) is 24.7 Å². The second-order valence-corrected chi connectivity index (χ2v) is 7.57. The van der Waals surface area contributed by atoms with Gasteiger partial charge in [-0.05, 0) is 36.4 Å². The molecule has 3 nitrogen and oxygen atoms in total. The summed E-state index contributed by atoms with van der Waals surface area (Å²) in [6.07, 6.45) is -21.8. The van der Waals surface area contributed by atoms with Crippen molar-refractivity contribution in [3.63, 3.8) is 0 Å². The van der Waals surface area contributed by atoms with Crippen molar-refractivity contribution >= 4 is 28.4 Å². The van der Waals surface area contributed by atoms with Crippen molar-refractivity contribution < 1.29 is 52.7 Å². The Morgan fingerprint density at radius 2 is 0.703 bits per heavy atom. The minimum absolute atomic E-state index is 0.0917. The van der Waals surface area contributed by atoms with E-state index in [1.54, 1.807) is 0 Å². The Morgan fingerprint density at radius 3 is 0.946 bits per heavy atom. The molecular weight excluding hydrogens is 534 g/mol. The van der Waals surface area contributed by atoms with E-state index in [1.165, 1.54) is 18.2 Å². The molecule has 15 heteroatoms. The van der Waals surface area contributed by atoms with Crippen LogP contribution in [-0.4, -0.2) is 0 Å². The van der Waals surface area contributed by atoms with E-state index in [0.717, 1.165) is 12.1 Å². The van der Waals surface area contributed by atoms with Crippen LogP contribution < -0.4 is 16.4 Å². The molecule has 0 aliphatic rings. The highest BCUT2D eigenvalue weighted by Crippen LogP contribution is 2.49. The third-order valence-corrected chi connectivity index (χ3v) is 5.08. The number of hydrogen-bond acceptors (Lipinski definition) is 3. The van der Waals surface area contributed by atoms with Gasteiger partial charge in [0.15, 0.2) is 0 Å². The summed E-state index contributed by atoms with van der Waals surface area (Å²) in [5, 5.41) is 0. The lowest BCUT2D eigenvalue weighted by molar-refractivity contribution is -0.143. The summed E-state index contributed by atoms with van der Waals surface area (Å²) in [4.78, 5) is 0.369. The third-order valence-electron chi connectivity index (χ3n) is 5.08. The summed E-state index contributed by atoms with van der Waals surface area (Å²) >= 11 is 0. The number of para-hydroxylation sites is 1. The maximum absolute atomic E-state index is 13.6. The van der Waals surface area contributed by atoms with Crippen molar-refractivity contribution in [1.82, 2.24) is 0 Å². The lowest BCUT2D eigenvalue weighted by Gasteiger charge is -2.29. The number of nitrogen functional groups attached to an aromatic ring is 2. The molecule has 0 unspecified atom stereocenters. The predicted octanol–water partition coefficient (Wildman–Crippen LogP) is 8.40. The molecule has 3 aromatic carbocycles. The summed E-state index contributed by atoms with van der Waals surface area (Å²) in [7, 11) is 0. The molecule has 0 saturated carbocycles. The molecule has 0 saturated heterocycles. The molecule has 37 heavy (non-hydrogen) atoms. The fraction of sp³-hybridized carbons (Fsp3) is 0.182. The molecule has 0 heterocycles. The maximum Gasteiger partial charge on any atom is 0.418 e. The van der Waals surface area contributed by atoms with Crippen molar-refractivity contribution in [2.24, 2.45) is 0 Å². The van der Waals surface area contributed by atoms with E-state index < -0.39 is 69.7 Å². The molecule has 3 aromatic rings. The number of nitrogens with zero attached hydrogens (tertiary/aromatic N) is 1. The van der Waals surface area contributed by atoms with Gasteiger partial charge in [-0.2, -0.15) is 52.7 Å². The first-order valence-electron chi connectivity index (χ1n) is 9.74. The Hall–Kier alpha value is -3.78. The second kappa shape index (κ2) is 8.95. The first-order valence-corrected chi connectivity index (χ1v) is 9.74. The van der Waals surface area contributed by atoms with Crippen molar-refractivity contribution in [3.05, 3.63) is 76.9 Å². The Balaban J connectivity index is 2.49. The molecule has 0 fully saturated rings. The zero-order valence-corrected chi connectivity index (χ0v) is 17.8. The number of hydrogen-bond donors (Lipinski definition) is 2. The molecule has 0 amide bonds. The first kappa shape index (κ1) is 27.8. The molecule has 0 atom stereocenters. The Morgan fingerprint density at radius 1 is 0.432 bits per heavy atom. The van der Waals surface area contributed by atoms with E-state index in [2.05, 4.69) is 0 Å². The summed E-state index contributed by atoms with van der Waals surface area (Å²) in [6, 6.07) is 6.23. The van der Waals surface area contributed by atoms with E-state index in [4.69, 9.17) is 11.5 Å². The quantitative estimate of drug-likeness (QED) is 0.256. The van der Waals surface area contributed by atoms with Crippen LogP contribution in [0.5, 0.6) is 0 Å². The topological polar surface area (TPSA) is 55.3 Å². The van der Waals surface area contributed by atoms with E-state index in [1.807, 2.05) is 0 Å². The first-order chi connectivity index (χ1) is 16.7. The van der Waals surface area contributed by atoms with Gasteiger partial charge in [0.25, 0.3) is 0 Å². The maximum atomic E-state index is 13.6. The Labute approximate surface area is 199 Å². The highest BCUT2D eigenvalue weighted by Gasteiger charge is 2.43. The lowest BCUT2D eigenvalue weighted by Crippen LogP contribution is -2.21. The largest absolute Gasteiger partial charge is 0.418 e.